The van der Waals surface area contributed by atoms with Crippen LogP contribution in [0.4, 0.5) is 0 Å². The second-order valence-electron chi connectivity index (χ2n) is 3.90. The first-order chi connectivity index (χ1) is 6.50. The zero-order valence-corrected chi connectivity index (χ0v) is 10.1. The number of rotatable bonds is 4. The summed E-state index contributed by atoms with van der Waals surface area (Å²) in [5.41, 5.74) is 0. The summed E-state index contributed by atoms with van der Waals surface area (Å²) in [7, 11) is -4.07. The Morgan fingerprint density at radius 2 is 1.93 bits per heavy atom. The average Bonchev–Trinajstić information content (AvgIpc) is 2.14. The van der Waals surface area contributed by atoms with E-state index in [1.807, 2.05) is 0 Å². The summed E-state index contributed by atoms with van der Waals surface area (Å²) in [6, 6.07) is 0. The van der Waals surface area contributed by atoms with Crippen LogP contribution in [0.25, 0.3) is 0 Å². The smallest absolute Gasteiger partial charge is 0.0980 e. The lowest BCUT2D eigenvalue weighted by Gasteiger charge is -2.23. The lowest BCUT2D eigenvalue weighted by atomic mass is 10.0. The van der Waals surface area contributed by atoms with Crippen LogP contribution in [0, 0.1) is 0 Å². The molecule has 1 unspecified atom stereocenters. The summed E-state index contributed by atoms with van der Waals surface area (Å²) in [4.78, 5) is 0. The molecule has 84 valence electrons. The van der Waals surface area contributed by atoms with Gasteiger partial charge >= 0.3 is 0 Å². The normalized spacial score (nSPS) is 22.1. The molecule has 1 saturated carbocycles. The highest BCUT2D eigenvalue weighted by Crippen LogP contribution is 2.29. The molecule has 5 heteroatoms. The van der Waals surface area contributed by atoms with E-state index in [4.69, 9.17) is 0 Å². The Hall–Kier alpha value is 0.260. The third-order valence-electron chi connectivity index (χ3n) is 2.61. The minimum atomic E-state index is -4.07. The molecule has 0 saturated heterocycles. The van der Waals surface area contributed by atoms with Crippen molar-refractivity contribution in [2.45, 2.75) is 49.5 Å². The molecule has 0 heterocycles. The SMILES string of the molecule is CC(CSC1CCCCC1)S(=O)(=O)[O-]. The van der Waals surface area contributed by atoms with Crippen molar-refractivity contribution in [3.63, 3.8) is 0 Å². The Bertz CT molecular complexity index is 255. The first-order valence-corrected chi connectivity index (χ1v) is 7.58. The van der Waals surface area contributed by atoms with Crippen molar-refractivity contribution >= 4 is 21.9 Å². The minimum absolute atomic E-state index is 0.455. The summed E-state index contributed by atoms with van der Waals surface area (Å²) in [5, 5.41) is -0.164. The van der Waals surface area contributed by atoms with Crippen molar-refractivity contribution in [3.05, 3.63) is 0 Å². The molecule has 1 rings (SSSR count). The van der Waals surface area contributed by atoms with Gasteiger partial charge in [-0.2, -0.15) is 11.8 Å². The number of thioether (sulfide) groups is 1. The Labute approximate surface area is 90.4 Å². The molecule has 14 heavy (non-hydrogen) atoms. The molecule has 0 aromatic carbocycles. The fraction of sp³-hybridized carbons (Fsp3) is 1.00. The fourth-order valence-electron chi connectivity index (χ4n) is 1.59. The van der Waals surface area contributed by atoms with Gasteiger partial charge in [-0.05, 0) is 19.8 Å². The summed E-state index contributed by atoms with van der Waals surface area (Å²) in [6.07, 6.45) is 6.14. The Morgan fingerprint density at radius 1 is 1.36 bits per heavy atom. The summed E-state index contributed by atoms with van der Waals surface area (Å²) in [6.45, 7) is 1.50. The highest BCUT2D eigenvalue weighted by atomic mass is 32.2. The molecule has 0 aromatic rings. The van der Waals surface area contributed by atoms with Crippen molar-refractivity contribution < 1.29 is 13.0 Å². The van der Waals surface area contributed by atoms with Crippen LogP contribution in [0.2, 0.25) is 0 Å². The second kappa shape index (κ2) is 5.37. The molecule has 0 bridgehead atoms. The molecule has 1 atom stereocenters. The van der Waals surface area contributed by atoms with E-state index in [2.05, 4.69) is 0 Å². The Kier molecular flexibility index (Phi) is 4.73. The standard InChI is InChI=1S/C9H18O3S2/c1-8(14(10,11)12)7-13-9-5-3-2-4-6-9/h8-9H,2-7H2,1H3,(H,10,11,12)/p-1. The predicted octanol–water partition coefficient (Wildman–Crippen LogP) is 1.99. The number of hydrogen-bond acceptors (Lipinski definition) is 4. The molecule has 0 aromatic heterocycles. The van der Waals surface area contributed by atoms with Gasteiger partial charge in [0, 0.05) is 11.0 Å². The van der Waals surface area contributed by atoms with Crippen molar-refractivity contribution in [1.29, 1.82) is 0 Å². The van der Waals surface area contributed by atoms with Crippen LogP contribution in [0.5, 0.6) is 0 Å². The molecule has 0 aliphatic heterocycles. The molecular formula is C9H17O3S2-. The quantitative estimate of drug-likeness (QED) is 0.702. The van der Waals surface area contributed by atoms with Crippen LogP contribution in [0.15, 0.2) is 0 Å². The van der Waals surface area contributed by atoms with Crippen LogP contribution in [-0.2, 0) is 10.1 Å². The van der Waals surface area contributed by atoms with Gasteiger partial charge in [0.1, 0.15) is 0 Å². The maximum absolute atomic E-state index is 10.6. The molecular weight excluding hydrogens is 220 g/mol. The van der Waals surface area contributed by atoms with Gasteiger partial charge in [-0.15, -0.1) is 0 Å². The molecule has 0 N–H and O–H groups in total. The van der Waals surface area contributed by atoms with E-state index in [1.54, 1.807) is 11.8 Å². The van der Waals surface area contributed by atoms with Crippen molar-refractivity contribution in [3.8, 4) is 0 Å². The number of hydrogen-bond donors (Lipinski definition) is 0. The highest BCUT2D eigenvalue weighted by molar-refractivity contribution is 8.00. The zero-order chi connectivity index (χ0) is 10.6. The van der Waals surface area contributed by atoms with E-state index in [0.29, 0.717) is 11.0 Å². The molecule has 3 nitrogen and oxygen atoms in total. The van der Waals surface area contributed by atoms with E-state index < -0.39 is 15.4 Å². The van der Waals surface area contributed by atoms with E-state index in [-0.39, 0.29) is 0 Å². The van der Waals surface area contributed by atoms with Crippen LogP contribution < -0.4 is 0 Å². The van der Waals surface area contributed by atoms with Crippen LogP contribution >= 0.6 is 11.8 Å². The average molecular weight is 237 g/mol. The van der Waals surface area contributed by atoms with Crippen LogP contribution in [0.1, 0.15) is 39.0 Å². The van der Waals surface area contributed by atoms with Gasteiger partial charge in [0.15, 0.2) is 0 Å². The molecule has 1 aliphatic carbocycles. The first-order valence-electron chi connectivity index (χ1n) is 5.06. The largest absolute Gasteiger partial charge is 0.748 e. The fourth-order valence-corrected chi connectivity index (χ4v) is 3.70. The molecule has 0 radical (unpaired) electrons. The van der Waals surface area contributed by atoms with E-state index in [0.717, 1.165) is 0 Å². The second-order valence-corrected chi connectivity index (χ2v) is 7.02. The Morgan fingerprint density at radius 3 is 2.43 bits per heavy atom. The van der Waals surface area contributed by atoms with Gasteiger partial charge in [-0.1, -0.05) is 19.3 Å². The molecule has 1 aliphatic rings. The van der Waals surface area contributed by atoms with Crippen molar-refractivity contribution in [2.75, 3.05) is 5.75 Å². The molecule has 0 amide bonds. The van der Waals surface area contributed by atoms with Crippen molar-refractivity contribution in [2.24, 2.45) is 0 Å². The summed E-state index contributed by atoms with van der Waals surface area (Å²) < 4.78 is 31.9. The third-order valence-corrected chi connectivity index (χ3v) is 5.61. The van der Waals surface area contributed by atoms with Gasteiger partial charge in [0.25, 0.3) is 0 Å². The molecule has 0 spiro atoms. The Balaban J connectivity index is 2.25. The monoisotopic (exact) mass is 237 g/mol. The molecule has 1 fully saturated rings. The van der Waals surface area contributed by atoms with Gasteiger partial charge in [-0.3, -0.25) is 0 Å². The maximum Gasteiger partial charge on any atom is 0.0980 e. The predicted molar refractivity (Wildman–Crippen MR) is 58.5 cm³/mol. The highest BCUT2D eigenvalue weighted by Gasteiger charge is 2.17. The minimum Gasteiger partial charge on any atom is -0.748 e. The van der Waals surface area contributed by atoms with Gasteiger partial charge in [-0.25, -0.2) is 8.42 Å². The van der Waals surface area contributed by atoms with E-state index >= 15 is 0 Å². The van der Waals surface area contributed by atoms with E-state index in [9.17, 15) is 13.0 Å². The summed E-state index contributed by atoms with van der Waals surface area (Å²) in [5.74, 6) is 0.455. The van der Waals surface area contributed by atoms with Crippen LogP contribution in [0.3, 0.4) is 0 Å². The third kappa shape index (κ3) is 4.19. The topological polar surface area (TPSA) is 57.2 Å². The van der Waals surface area contributed by atoms with Crippen LogP contribution in [-0.4, -0.2) is 29.2 Å². The van der Waals surface area contributed by atoms with Gasteiger partial charge in [0.2, 0.25) is 0 Å². The summed E-state index contributed by atoms with van der Waals surface area (Å²) >= 11 is 1.65. The zero-order valence-electron chi connectivity index (χ0n) is 8.44. The maximum atomic E-state index is 10.6. The first kappa shape index (κ1) is 12.3. The lowest BCUT2D eigenvalue weighted by Crippen LogP contribution is -2.21. The van der Waals surface area contributed by atoms with Gasteiger partial charge in [0.05, 0.1) is 15.4 Å². The van der Waals surface area contributed by atoms with Crippen molar-refractivity contribution in [1.82, 2.24) is 0 Å². The van der Waals surface area contributed by atoms with E-state index in [1.165, 1.54) is 39.0 Å². The lowest BCUT2D eigenvalue weighted by molar-refractivity contribution is 0.454. The van der Waals surface area contributed by atoms with Gasteiger partial charge < -0.3 is 4.55 Å².